The number of carboxylic acids is 1. The molecule has 0 radical (unpaired) electrons. The van der Waals surface area contributed by atoms with Crippen LogP contribution in [0.15, 0.2) is 28.7 Å². The molecule has 116 valence electrons. The number of piperidine rings is 1. The molecule has 0 aromatic heterocycles. The van der Waals surface area contributed by atoms with Crippen LogP contribution in [0.2, 0.25) is 0 Å². The van der Waals surface area contributed by atoms with Gasteiger partial charge in [-0.2, -0.15) is 0 Å². The first-order chi connectivity index (χ1) is 10.0. The van der Waals surface area contributed by atoms with Crippen molar-refractivity contribution in [3.05, 3.63) is 34.3 Å². The van der Waals surface area contributed by atoms with Gasteiger partial charge in [-0.1, -0.05) is 41.9 Å². The molecule has 1 saturated heterocycles. The van der Waals surface area contributed by atoms with Crippen LogP contribution in [0.25, 0.3) is 0 Å². The first-order valence-electron chi connectivity index (χ1n) is 7.75. The quantitative estimate of drug-likeness (QED) is 0.848. The first kappa shape index (κ1) is 16.5. The monoisotopic (exact) mass is 353 g/mol. The third-order valence-corrected chi connectivity index (χ3v) is 5.35. The van der Waals surface area contributed by atoms with E-state index in [1.165, 1.54) is 5.56 Å². The minimum atomic E-state index is -0.639. The third-order valence-electron chi connectivity index (χ3n) is 4.82. The predicted molar refractivity (Wildman–Crippen MR) is 88.3 cm³/mol. The first-order valence-corrected chi connectivity index (χ1v) is 8.54. The number of halogens is 1. The highest BCUT2D eigenvalue weighted by atomic mass is 79.9. The fraction of sp³-hybridized carbons (Fsp3) is 0.588. The summed E-state index contributed by atoms with van der Waals surface area (Å²) in [5.74, 6) is -0.639. The summed E-state index contributed by atoms with van der Waals surface area (Å²) in [5, 5.41) is 9.64. The molecule has 0 amide bonds. The van der Waals surface area contributed by atoms with E-state index in [-0.39, 0.29) is 0 Å². The Morgan fingerprint density at radius 1 is 1.38 bits per heavy atom. The second-order valence-electron chi connectivity index (χ2n) is 5.99. The number of rotatable bonds is 5. The summed E-state index contributed by atoms with van der Waals surface area (Å²) in [5.41, 5.74) is 0.707. The summed E-state index contributed by atoms with van der Waals surface area (Å²) >= 11 is 3.47. The maximum absolute atomic E-state index is 11.7. The molecule has 1 aliphatic heterocycles. The van der Waals surface area contributed by atoms with E-state index in [0.29, 0.717) is 19.0 Å². The van der Waals surface area contributed by atoms with Gasteiger partial charge in [0.05, 0.1) is 5.41 Å². The number of hydrogen-bond acceptors (Lipinski definition) is 2. The van der Waals surface area contributed by atoms with Gasteiger partial charge in [0.25, 0.3) is 0 Å². The molecule has 4 heteroatoms. The van der Waals surface area contributed by atoms with E-state index in [1.807, 2.05) is 6.92 Å². The van der Waals surface area contributed by atoms with Crippen LogP contribution in [0.1, 0.15) is 51.1 Å². The van der Waals surface area contributed by atoms with E-state index in [0.717, 1.165) is 30.3 Å². The van der Waals surface area contributed by atoms with Crippen molar-refractivity contribution < 1.29 is 9.90 Å². The second kappa shape index (κ2) is 6.93. The number of carboxylic acid groups (broad SMARTS) is 1. The van der Waals surface area contributed by atoms with Gasteiger partial charge in [-0.05, 0) is 49.9 Å². The number of benzene rings is 1. The zero-order chi connectivity index (χ0) is 15.5. The van der Waals surface area contributed by atoms with Crippen molar-refractivity contribution in [2.24, 2.45) is 5.41 Å². The average molecular weight is 354 g/mol. The maximum Gasteiger partial charge on any atom is 0.310 e. The molecular formula is C17H24BrNO2. The number of carbonyl (C=O) groups is 1. The Morgan fingerprint density at radius 2 is 2.05 bits per heavy atom. The summed E-state index contributed by atoms with van der Waals surface area (Å²) in [4.78, 5) is 14.1. The Kier molecular flexibility index (Phi) is 5.44. The van der Waals surface area contributed by atoms with Gasteiger partial charge in [0.2, 0.25) is 0 Å². The molecule has 1 aromatic carbocycles. The van der Waals surface area contributed by atoms with Crippen molar-refractivity contribution in [1.82, 2.24) is 4.90 Å². The molecule has 0 aliphatic carbocycles. The highest BCUT2D eigenvalue weighted by Crippen LogP contribution is 2.38. The van der Waals surface area contributed by atoms with E-state index < -0.39 is 11.4 Å². The fourth-order valence-electron chi connectivity index (χ4n) is 3.44. The minimum Gasteiger partial charge on any atom is -0.481 e. The van der Waals surface area contributed by atoms with Gasteiger partial charge in [0, 0.05) is 17.1 Å². The molecule has 1 aliphatic rings. The predicted octanol–water partition coefficient (Wildman–Crippen LogP) is 4.48. The molecule has 1 fully saturated rings. The second-order valence-corrected chi connectivity index (χ2v) is 6.90. The number of nitrogens with zero attached hydrogens (tertiary/aromatic N) is 1. The summed E-state index contributed by atoms with van der Waals surface area (Å²) < 4.78 is 1.08. The lowest BCUT2D eigenvalue weighted by Crippen LogP contribution is -2.48. The van der Waals surface area contributed by atoms with Crippen molar-refractivity contribution in [2.45, 2.75) is 45.6 Å². The molecule has 0 saturated carbocycles. The lowest BCUT2D eigenvalue weighted by Gasteiger charge is -2.43. The van der Waals surface area contributed by atoms with Crippen LogP contribution >= 0.6 is 15.9 Å². The minimum absolute atomic E-state index is 0.309. The summed E-state index contributed by atoms with van der Waals surface area (Å²) in [7, 11) is 0. The van der Waals surface area contributed by atoms with E-state index in [1.54, 1.807) is 0 Å². The smallest absolute Gasteiger partial charge is 0.310 e. The summed E-state index contributed by atoms with van der Waals surface area (Å²) in [6, 6.07) is 8.71. The molecule has 2 rings (SSSR count). The summed E-state index contributed by atoms with van der Waals surface area (Å²) in [6.07, 6.45) is 3.47. The van der Waals surface area contributed by atoms with Gasteiger partial charge in [-0.15, -0.1) is 0 Å². The van der Waals surface area contributed by atoms with Crippen LogP contribution in [0.3, 0.4) is 0 Å². The maximum atomic E-state index is 11.7. The Balaban J connectivity index is 2.22. The summed E-state index contributed by atoms with van der Waals surface area (Å²) in [6.45, 7) is 5.82. The van der Waals surface area contributed by atoms with Gasteiger partial charge >= 0.3 is 5.97 Å². The van der Waals surface area contributed by atoms with Crippen LogP contribution < -0.4 is 0 Å². The molecule has 21 heavy (non-hydrogen) atoms. The van der Waals surface area contributed by atoms with E-state index in [9.17, 15) is 9.90 Å². The van der Waals surface area contributed by atoms with Crippen LogP contribution in [0, 0.1) is 5.41 Å². The van der Waals surface area contributed by atoms with Gasteiger partial charge < -0.3 is 5.11 Å². The molecule has 0 spiro atoms. The number of likely N-dealkylation sites (tertiary alicyclic amines) is 1. The number of aliphatic carboxylic acids is 1. The molecule has 1 aromatic rings. The van der Waals surface area contributed by atoms with Gasteiger partial charge in [-0.3, -0.25) is 9.69 Å². The average Bonchev–Trinajstić information content (AvgIpc) is 2.50. The third kappa shape index (κ3) is 3.49. The largest absolute Gasteiger partial charge is 0.481 e. The normalized spacial score (nSPS) is 24.7. The van der Waals surface area contributed by atoms with Crippen LogP contribution in [-0.4, -0.2) is 29.1 Å². The molecular weight excluding hydrogens is 330 g/mol. The Labute approximate surface area is 135 Å². The zero-order valence-corrected chi connectivity index (χ0v) is 14.4. The number of hydrogen-bond donors (Lipinski definition) is 1. The molecule has 3 nitrogen and oxygen atoms in total. The standard InChI is InChI=1S/C17H24BrNO2/c1-3-15(13-6-8-14(18)9-7-13)19-11-5-10-17(4-2,12-19)16(20)21/h6-9,15H,3-5,10-12H2,1-2H3,(H,20,21). The van der Waals surface area contributed by atoms with Crippen molar-refractivity contribution in [2.75, 3.05) is 13.1 Å². The molecule has 0 bridgehead atoms. The van der Waals surface area contributed by atoms with Gasteiger partial charge in [0.1, 0.15) is 0 Å². The fourth-order valence-corrected chi connectivity index (χ4v) is 3.70. The Bertz CT molecular complexity index is 488. The Hall–Kier alpha value is -0.870. The van der Waals surface area contributed by atoms with Gasteiger partial charge in [0.15, 0.2) is 0 Å². The van der Waals surface area contributed by atoms with Crippen LogP contribution in [0.4, 0.5) is 0 Å². The van der Waals surface area contributed by atoms with Gasteiger partial charge in [-0.25, -0.2) is 0 Å². The van der Waals surface area contributed by atoms with Crippen molar-refractivity contribution in [1.29, 1.82) is 0 Å². The highest BCUT2D eigenvalue weighted by Gasteiger charge is 2.42. The lowest BCUT2D eigenvalue weighted by atomic mass is 9.77. The molecule has 2 unspecified atom stereocenters. The van der Waals surface area contributed by atoms with Crippen LogP contribution in [-0.2, 0) is 4.79 Å². The molecule has 1 N–H and O–H groups in total. The van der Waals surface area contributed by atoms with Crippen molar-refractivity contribution in [3.63, 3.8) is 0 Å². The lowest BCUT2D eigenvalue weighted by molar-refractivity contribution is -0.153. The van der Waals surface area contributed by atoms with E-state index >= 15 is 0 Å². The van der Waals surface area contributed by atoms with Crippen molar-refractivity contribution >= 4 is 21.9 Å². The Morgan fingerprint density at radius 3 is 2.57 bits per heavy atom. The zero-order valence-electron chi connectivity index (χ0n) is 12.8. The highest BCUT2D eigenvalue weighted by molar-refractivity contribution is 9.10. The molecule has 2 atom stereocenters. The van der Waals surface area contributed by atoms with Crippen LogP contribution in [0.5, 0.6) is 0 Å². The molecule has 1 heterocycles. The topological polar surface area (TPSA) is 40.5 Å². The SMILES string of the molecule is CCC(c1ccc(Br)cc1)N1CCCC(CC)(C(=O)O)C1. The van der Waals surface area contributed by atoms with Crippen molar-refractivity contribution in [3.8, 4) is 0 Å². The van der Waals surface area contributed by atoms with E-state index in [4.69, 9.17) is 0 Å². The van der Waals surface area contributed by atoms with E-state index in [2.05, 4.69) is 52.0 Å².